The molecular weight excluding hydrogens is 392 g/mol. The maximum Gasteiger partial charge on any atom is 0.324 e. The number of nitrogens with one attached hydrogen (secondary N) is 2. The molecule has 8 nitrogen and oxygen atoms in total. The van der Waals surface area contributed by atoms with Crippen LogP contribution in [0.25, 0.3) is 11.3 Å². The molecule has 2 amide bonds. The molecule has 160 valence electrons. The molecule has 0 saturated heterocycles. The van der Waals surface area contributed by atoms with E-state index < -0.39 is 11.6 Å². The summed E-state index contributed by atoms with van der Waals surface area (Å²) < 4.78 is 0. The number of urea groups is 1. The molecule has 3 heterocycles. The molecule has 8 heteroatoms. The summed E-state index contributed by atoms with van der Waals surface area (Å²) in [4.78, 5) is 27.4. The first-order valence-electron chi connectivity index (χ1n) is 10.2. The van der Waals surface area contributed by atoms with Gasteiger partial charge in [0.15, 0.2) is 5.82 Å². The first-order valence-corrected chi connectivity index (χ1v) is 10.2. The number of nitrogens with zero attached hydrogens (tertiary/aromatic N) is 4. The topological polar surface area (TPSA) is 103 Å². The number of benzene rings is 1. The maximum atomic E-state index is 12.3. The van der Waals surface area contributed by atoms with Gasteiger partial charge in [0.1, 0.15) is 0 Å². The van der Waals surface area contributed by atoms with Crippen LogP contribution < -0.4 is 15.5 Å². The Balaban J connectivity index is 1.47. The molecule has 4 rings (SSSR count). The van der Waals surface area contributed by atoms with E-state index in [0.29, 0.717) is 23.7 Å². The molecule has 1 aliphatic heterocycles. The fraction of sp³-hybridized carbons (Fsp3) is 0.304. The Labute approximate surface area is 181 Å². The Bertz CT molecular complexity index is 1090. The number of anilines is 3. The number of aryl methyl sites for hydroxylation is 1. The van der Waals surface area contributed by atoms with Crippen LogP contribution in [0.4, 0.5) is 22.0 Å². The van der Waals surface area contributed by atoms with Crippen LogP contribution >= 0.6 is 0 Å². The highest BCUT2D eigenvalue weighted by Crippen LogP contribution is 2.32. The second-order valence-corrected chi connectivity index (χ2v) is 8.38. The molecule has 3 N–H and O–H groups in total. The quantitative estimate of drug-likeness (QED) is 0.585. The highest BCUT2D eigenvalue weighted by molar-refractivity contribution is 5.99. The number of hydrogen-bond donors (Lipinski definition) is 3. The van der Waals surface area contributed by atoms with Gasteiger partial charge in [-0.3, -0.25) is 15.3 Å². The Morgan fingerprint density at radius 2 is 2.00 bits per heavy atom. The minimum atomic E-state index is -0.749. The van der Waals surface area contributed by atoms with Crippen molar-refractivity contribution >= 4 is 23.2 Å². The zero-order valence-corrected chi connectivity index (χ0v) is 17.9. The number of carbonyl (C=O) groups excluding carboxylic acids is 1. The van der Waals surface area contributed by atoms with Crippen LogP contribution in [0, 0.1) is 6.92 Å². The minimum Gasteiger partial charge on any atom is -0.389 e. The summed E-state index contributed by atoms with van der Waals surface area (Å²) in [5.41, 5.74) is 4.69. The molecule has 0 atom stereocenters. The van der Waals surface area contributed by atoms with Crippen LogP contribution in [-0.2, 0) is 6.42 Å². The number of aliphatic hydroxyl groups is 1. The maximum absolute atomic E-state index is 12.3. The van der Waals surface area contributed by atoms with Gasteiger partial charge in [0.25, 0.3) is 0 Å². The monoisotopic (exact) mass is 418 g/mol. The lowest BCUT2D eigenvalue weighted by atomic mass is 10.1. The summed E-state index contributed by atoms with van der Waals surface area (Å²) in [5, 5.41) is 15.6. The van der Waals surface area contributed by atoms with E-state index in [2.05, 4.69) is 42.6 Å². The average Bonchev–Trinajstić information content (AvgIpc) is 3.10. The van der Waals surface area contributed by atoms with E-state index in [0.717, 1.165) is 29.9 Å². The van der Waals surface area contributed by atoms with Gasteiger partial charge in [-0.2, -0.15) is 0 Å². The van der Waals surface area contributed by atoms with E-state index in [9.17, 15) is 9.90 Å². The number of aromatic nitrogens is 3. The second-order valence-electron chi connectivity index (χ2n) is 8.38. The lowest BCUT2D eigenvalue weighted by Crippen LogP contribution is -2.37. The molecule has 0 saturated carbocycles. The van der Waals surface area contributed by atoms with Crippen LogP contribution in [0.5, 0.6) is 0 Å². The standard InChI is InChI=1S/C23H26N6O2/c1-15-4-6-18(11-25-15)26-22(30)28-21-13-24-12-19(27-21)16-5-7-20-17(10-16)8-9-29(20)14-23(2,3)31/h4-7,10-13,31H,8-9,14H2,1-3H3,(H2,26,27,28,30). The smallest absolute Gasteiger partial charge is 0.324 e. The molecule has 0 fully saturated rings. The van der Waals surface area contributed by atoms with Gasteiger partial charge >= 0.3 is 6.03 Å². The van der Waals surface area contributed by atoms with E-state index in [-0.39, 0.29) is 0 Å². The highest BCUT2D eigenvalue weighted by atomic mass is 16.3. The van der Waals surface area contributed by atoms with E-state index in [1.54, 1.807) is 18.5 Å². The van der Waals surface area contributed by atoms with E-state index in [1.807, 2.05) is 32.9 Å². The molecule has 3 aromatic rings. The van der Waals surface area contributed by atoms with Gasteiger partial charge in [-0.25, -0.2) is 9.78 Å². The van der Waals surface area contributed by atoms with Gasteiger partial charge in [-0.05, 0) is 57.0 Å². The zero-order chi connectivity index (χ0) is 22.0. The third-order valence-corrected chi connectivity index (χ3v) is 4.99. The van der Waals surface area contributed by atoms with E-state index in [1.165, 1.54) is 11.8 Å². The summed E-state index contributed by atoms with van der Waals surface area (Å²) >= 11 is 0. The number of rotatable bonds is 5. The van der Waals surface area contributed by atoms with Gasteiger partial charge in [-0.1, -0.05) is 6.07 Å². The first-order chi connectivity index (χ1) is 14.8. The molecule has 2 aromatic heterocycles. The molecule has 0 unspecified atom stereocenters. The van der Waals surface area contributed by atoms with Crippen molar-refractivity contribution in [3.8, 4) is 11.3 Å². The minimum absolute atomic E-state index is 0.360. The van der Waals surface area contributed by atoms with Gasteiger partial charge < -0.3 is 15.3 Å². The fourth-order valence-corrected chi connectivity index (χ4v) is 3.65. The highest BCUT2D eigenvalue weighted by Gasteiger charge is 2.25. The number of carbonyl (C=O) groups is 1. The third-order valence-electron chi connectivity index (χ3n) is 4.99. The predicted octanol–water partition coefficient (Wildman–Crippen LogP) is 3.62. The van der Waals surface area contributed by atoms with Gasteiger partial charge in [0.05, 0.1) is 35.6 Å². The SMILES string of the molecule is Cc1ccc(NC(=O)Nc2cncc(-c3ccc4c(c3)CCN4CC(C)(C)O)n2)cn1. The van der Waals surface area contributed by atoms with Crippen molar-refractivity contribution in [2.24, 2.45) is 0 Å². The molecule has 0 aliphatic carbocycles. The van der Waals surface area contributed by atoms with Crippen LogP contribution in [0.1, 0.15) is 25.1 Å². The lowest BCUT2D eigenvalue weighted by Gasteiger charge is -2.27. The van der Waals surface area contributed by atoms with Crippen molar-refractivity contribution in [1.82, 2.24) is 15.0 Å². The predicted molar refractivity (Wildman–Crippen MR) is 121 cm³/mol. The van der Waals surface area contributed by atoms with Crippen LogP contribution in [-0.4, -0.2) is 44.8 Å². The van der Waals surface area contributed by atoms with Crippen molar-refractivity contribution in [1.29, 1.82) is 0 Å². The van der Waals surface area contributed by atoms with Crippen LogP contribution in [0.3, 0.4) is 0 Å². The summed E-state index contributed by atoms with van der Waals surface area (Å²) in [7, 11) is 0. The van der Waals surface area contributed by atoms with Crippen molar-refractivity contribution in [3.63, 3.8) is 0 Å². The summed E-state index contributed by atoms with van der Waals surface area (Å²) in [6.07, 6.45) is 5.70. The van der Waals surface area contributed by atoms with E-state index in [4.69, 9.17) is 0 Å². The number of fused-ring (bicyclic) bond motifs is 1. The number of pyridine rings is 1. The second kappa shape index (κ2) is 8.31. The Morgan fingerprint density at radius 1 is 1.16 bits per heavy atom. The normalized spacial score (nSPS) is 13.1. The van der Waals surface area contributed by atoms with Gasteiger partial charge in [-0.15, -0.1) is 0 Å². The third kappa shape index (κ3) is 5.16. The Kier molecular flexibility index (Phi) is 5.56. The summed E-state index contributed by atoms with van der Waals surface area (Å²) in [6.45, 7) is 6.99. The van der Waals surface area contributed by atoms with Crippen LogP contribution in [0.15, 0.2) is 48.9 Å². The fourth-order valence-electron chi connectivity index (χ4n) is 3.65. The Morgan fingerprint density at radius 3 is 2.74 bits per heavy atom. The lowest BCUT2D eigenvalue weighted by molar-refractivity contribution is 0.0878. The zero-order valence-electron chi connectivity index (χ0n) is 17.9. The molecule has 0 spiro atoms. The number of amides is 2. The van der Waals surface area contributed by atoms with E-state index >= 15 is 0 Å². The van der Waals surface area contributed by atoms with Crippen molar-refractivity contribution in [2.45, 2.75) is 32.8 Å². The van der Waals surface area contributed by atoms with Gasteiger partial charge in [0.2, 0.25) is 0 Å². The van der Waals surface area contributed by atoms with Crippen molar-refractivity contribution < 1.29 is 9.90 Å². The molecular formula is C23H26N6O2. The molecule has 0 bridgehead atoms. The van der Waals surface area contributed by atoms with Gasteiger partial charge in [0, 0.05) is 30.0 Å². The molecule has 0 radical (unpaired) electrons. The average molecular weight is 419 g/mol. The van der Waals surface area contributed by atoms with Crippen molar-refractivity contribution in [3.05, 3.63) is 60.2 Å². The largest absolute Gasteiger partial charge is 0.389 e. The summed E-state index contributed by atoms with van der Waals surface area (Å²) in [6, 6.07) is 9.36. The summed E-state index contributed by atoms with van der Waals surface area (Å²) in [5.74, 6) is 0.360. The van der Waals surface area contributed by atoms with Crippen LogP contribution in [0.2, 0.25) is 0 Å². The Hall–Kier alpha value is -3.52. The number of β-amino-alcohol motifs (C(OH)–C–C–N with tert-alkyl or cyclic N) is 1. The molecule has 31 heavy (non-hydrogen) atoms. The number of hydrogen-bond acceptors (Lipinski definition) is 6. The first kappa shape index (κ1) is 20.7. The molecule has 1 aromatic carbocycles. The molecule has 1 aliphatic rings. The van der Waals surface area contributed by atoms with Crippen molar-refractivity contribution in [2.75, 3.05) is 28.6 Å².